The van der Waals surface area contributed by atoms with Crippen LogP contribution in [-0.4, -0.2) is 57.7 Å². The summed E-state index contributed by atoms with van der Waals surface area (Å²) in [4.78, 5) is 37.6. The lowest BCUT2D eigenvalue weighted by molar-refractivity contribution is -0.129. The second-order valence-corrected chi connectivity index (χ2v) is 10.9. The lowest BCUT2D eigenvalue weighted by atomic mass is 10.1. The lowest BCUT2D eigenvalue weighted by Crippen LogP contribution is -2.36. The quantitative estimate of drug-likeness (QED) is 0.407. The number of rotatable bonds is 4. The summed E-state index contributed by atoms with van der Waals surface area (Å²) in [6, 6.07) is 7.22. The van der Waals surface area contributed by atoms with E-state index in [-0.39, 0.29) is 17.2 Å². The average Bonchev–Trinajstić information content (AvgIpc) is 3.16. The Morgan fingerprint density at radius 3 is 2.66 bits per heavy atom. The zero-order valence-corrected chi connectivity index (χ0v) is 20.4. The molecule has 0 unspecified atom stereocenters. The van der Waals surface area contributed by atoms with E-state index in [0.29, 0.717) is 10.2 Å². The van der Waals surface area contributed by atoms with Crippen LogP contribution >= 0.6 is 34.7 Å². The van der Waals surface area contributed by atoms with Crippen molar-refractivity contribution in [3.8, 4) is 5.69 Å². The van der Waals surface area contributed by atoms with Crippen LogP contribution in [0.4, 0.5) is 0 Å². The SMILES string of the molecule is CN1CCc2c(sc3nc(SCC(=O)N4CCCCC4)n(-c4ccc(Cl)cc4)c(=O)c23)C1. The van der Waals surface area contributed by atoms with Gasteiger partial charge in [0.15, 0.2) is 5.16 Å². The van der Waals surface area contributed by atoms with Crippen LogP contribution in [0.15, 0.2) is 34.2 Å². The Balaban J connectivity index is 1.57. The number of hydrogen-bond donors (Lipinski definition) is 0. The first-order chi connectivity index (χ1) is 15.5. The molecular formula is C23H25ClN4O2S2. The lowest BCUT2D eigenvalue weighted by Gasteiger charge is -2.26. The number of nitrogens with zero attached hydrogens (tertiary/aromatic N) is 4. The molecule has 1 amide bonds. The molecule has 0 aliphatic carbocycles. The molecule has 2 aliphatic heterocycles. The Morgan fingerprint density at radius 2 is 1.91 bits per heavy atom. The number of amides is 1. The summed E-state index contributed by atoms with van der Waals surface area (Å²) in [7, 11) is 2.10. The van der Waals surface area contributed by atoms with E-state index in [1.165, 1.54) is 23.1 Å². The molecule has 168 valence electrons. The van der Waals surface area contributed by atoms with Crippen molar-refractivity contribution in [2.45, 2.75) is 37.4 Å². The molecule has 0 spiro atoms. The highest BCUT2D eigenvalue weighted by atomic mass is 35.5. The molecule has 3 aromatic rings. The van der Waals surface area contributed by atoms with Gasteiger partial charge in [0.1, 0.15) is 4.83 Å². The van der Waals surface area contributed by atoms with Gasteiger partial charge in [0.2, 0.25) is 5.91 Å². The van der Waals surface area contributed by atoms with Gasteiger partial charge in [-0.1, -0.05) is 23.4 Å². The van der Waals surface area contributed by atoms with Gasteiger partial charge in [-0.15, -0.1) is 11.3 Å². The summed E-state index contributed by atoms with van der Waals surface area (Å²) in [6.45, 7) is 3.41. The Kier molecular flexibility index (Phi) is 6.29. The monoisotopic (exact) mass is 488 g/mol. The number of halogens is 1. The number of likely N-dealkylation sites (N-methyl/N-ethyl adjacent to an activating group) is 1. The molecule has 5 rings (SSSR count). The van der Waals surface area contributed by atoms with E-state index in [1.54, 1.807) is 28.0 Å². The van der Waals surface area contributed by atoms with Gasteiger partial charge < -0.3 is 9.80 Å². The number of hydrogen-bond acceptors (Lipinski definition) is 6. The minimum absolute atomic E-state index is 0.0627. The number of aromatic nitrogens is 2. The molecule has 0 radical (unpaired) electrons. The van der Waals surface area contributed by atoms with E-state index in [1.807, 2.05) is 17.0 Å². The van der Waals surface area contributed by atoms with Gasteiger partial charge in [0, 0.05) is 36.1 Å². The number of benzene rings is 1. The third-order valence-corrected chi connectivity index (χ3v) is 8.44. The standard InChI is InChI=1S/C23H25ClN4O2S2/c1-26-12-9-17-18(13-26)32-21-20(17)22(30)28(16-7-5-15(24)6-8-16)23(25-21)31-14-19(29)27-10-3-2-4-11-27/h5-8H,2-4,9-14H2,1H3. The van der Waals surface area contributed by atoms with E-state index < -0.39 is 0 Å². The maximum Gasteiger partial charge on any atom is 0.267 e. The molecule has 0 atom stereocenters. The van der Waals surface area contributed by atoms with Crippen LogP contribution in [0.25, 0.3) is 15.9 Å². The van der Waals surface area contributed by atoms with Gasteiger partial charge in [-0.25, -0.2) is 4.98 Å². The summed E-state index contributed by atoms with van der Waals surface area (Å²) in [5, 5.41) is 1.89. The van der Waals surface area contributed by atoms with Crippen LogP contribution in [0.5, 0.6) is 0 Å². The predicted octanol–water partition coefficient (Wildman–Crippen LogP) is 4.19. The van der Waals surface area contributed by atoms with Crippen LogP contribution < -0.4 is 5.56 Å². The van der Waals surface area contributed by atoms with Crippen molar-refractivity contribution in [2.75, 3.05) is 32.4 Å². The molecule has 1 aromatic carbocycles. The van der Waals surface area contributed by atoms with Crippen molar-refractivity contribution >= 4 is 50.8 Å². The number of carbonyl (C=O) groups is 1. The zero-order valence-electron chi connectivity index (χ0n) is 18.0. The molecule has 1 saturated heterocycles. The molecule has 0 saturated carbocycles. The minimum atomic E-state index is -0.0627. The molecule has 1 fully saturated rings. The summed E-state index contributed by atoms with van der Waals surface area (Å²) >= 11 is 9.04. The highest BCUT2D eigenvalue weighted by Gasteiger charge is 2.25. The fraction of sp³-hybridized carbons (Fsp3) is 0.435. The number of fused-ring (bicyclic) bond motifs is 3. The van der Waals surface area contributed by atoms with Crippen LogP contribution in [0, 0.1) is 0 Å². The van der Waals surface area contributed by atoms with Crippen LogP contribution in [0.3, 0.4) is 0 Å². The molecule has 0 N–H and O–H groups in total. The Bertz CT molecular complexity index is 1220. The first kappa shape index (κ1) is 21.9. The number of thiophene rings is 1. The van der Waals surface area contributed by atoms with E-state index in [9.17, 15) is 9.59 Å². The topological polar surface area (TPSA) is 58.4 Å². The molecule has 2 aromatic heterocycles. The third-order valence-electron chi connectivity index (χ3n) is 6.15. The van der Waals surface area contributed by atoms with Crippen molar-refractivity contribution in [2.24, 2.45) is 0 Å². The summed E-state index contributed by atoms with van der Waals surface area (Å²) in [6.07, 6.45) is 4.16. The van der Waals surface area contributed by atoms with E-state index in [4.69, 9.17) is 16.6 Å². The number of piperidine rings is 1. The average molecular weight is 489 g/mol. The maximum absolute atomic E-state index is 13.8. The van der Waals surface area contributed by atoms with E-state index >= 15 is 0 Å². The zero-order chi connectivity index (χ0) is 22.2. The summed E-state index contributed by atoms with van der Waals surface area (Å²) < 4.78 is 1.65. The van der Waals surface area contributed by atoms with Crippen molar-refractivity contribution in [3.63, 3.8) is 0 Å². The van der Waals surface area contributed by atoms with Crippen molar-refractivity contribution in [3.05, 3.63) is 50.1 Å². The van der Waals surface area contributed by atoms with Crippen molar-refractivity contribution in [1.82, 2.24) is 19.4 Å². The molecular weight excluding hydrogens is 464 g/mol. The van der Waals surface area contributed by atoms with Crippen LogP contribution in [0.2, 0.25) is 5.02 Å². The molecule has 2 aliphatic rings. The minimum Gasteiger partial charge on any atom is -0.342 e. The van der Waals surface area contributed by atoms with Crippen molar-refractivity contribution in [1.29, 1.82) is 0 Å². The Hall–Kier alpha value is -1.87. The Morgan fingerprint density at radius 1 is 1.16 bits per heavy atom. The molecule has 9 heteroatoms. The largest absolute Gasteiger partial charge is 0.342 e. The second kappa shape index (κ2) is 9.17. The van der Waals surface area contributed by atoms with Crippen molar-refractivity contribution < 1.29 is 4.79 Å². The van der Waals surface area contributed by atoms with Gasteiger partial charge >= 0.3 is 0 Å². The van der Waals surface area contributed by atoms with Gasteiger partial charge in [0.25, 0.3) is 5.56 Å². The number of thioether (sulfide) groups is 1. The molecule has 6 nitrogen and oxygen atoms in total. The number of likely N-dealkylation sites (tertiary alicyclic amines) is 1. The van der Waals surface area contributed by atoms with E-state index in [0.717, 1.165) is 66.9 Å². The first-order valence-corrected chi connectivity index (χ1v) is 13.1. The highest BCUT2D eigenvalue weighted by molar-refractivity contribution is 7.99. The van der Waals surface area contributed by atoms with Gasteiger partial charge in [-0.2, -0.15) is 0 Å². The fourth-order valence-electron chi connectivity index (χ4n) is 4.43. The van der Waals surface area contributed by atoms with Gasteiger partial charge in [-0.05, 0) is 62.6 Å². The predicted molar refractivity (Wildman–Crippen MR) is 131 cm³/mol. The third kappa shape index (κ3) is 4.21. The summed E-state index contributed by atoms with van der Waals surface area (Å²) in [5.74, 6) is 0.387. The second-order valence-electron chi connectivity index (χ2n) is 8.41. The van der Waals surface area contributed by atoms with Crippen LogP contribution in [0.1, 0.15) is 29.7 Å². The maximum atomic E-state index is 13.8. The number of carbonyl (C=O) groups excluding carboxylic acids is 1. The smallest absolute Gasteiger partial charge is 0.267 e. The molecule has 0 bridgehead atoms. The molecule has 32 heavy (non-hydrogen) atoms. The van der Waals surface area contributed by atoms with Gasteiger partial charge in [0.05, 0.1) is 16.8 Å². The van der Waals surface area contributed by atoms with Crippen LogP contribution in [-0.2, 0) is 17.8 Å². The normalized spacial score (nSPS) is 17.0. The first-order valence-electron chi connectivity index (χ1n) is 10.9. The highest BCUT2D eigenvalue weighted by Crippen LogP contribution is 2.34. The fourth-order valence-corrected chi connectivity index (χ4v) is 6.81. The summed E-state index contributed by atoms with van der Waals surface area (Å²) in [5.41, 5.74) is 1.78. The Labute approximate surface area is 200 Å². The van der Waals surface area contributed by atoms with E-state index in [2.05, 4.69) is 11.9 Å². The molecule has 4 heterocycles. The van der Waals surface area contributed by atoms with Gasteiger partial charge in [-0.3, -0.25) is 14.2 Å².